The second kappa shape index (κ2) is 11.5. The fourth-order valence-electron chi connectivity index (χ4n) is 5.36. The fourth-order valence-corrected chi connectivity index (χ4v) is 6.38. The van der Waals surface area contributed by atoms with Crippen LogP contribution in [0.15, 0.2) is 107 Å². The molecule has 8 heteroatoms. The molecule has 2 N–H and O–H groups in total. The SMILES string of the molecule is COc1ccccc1NC(=O)C1=C(C)N=C2SCCCN2C1c1cccc(NC(=O)c2ccc3ccccc3c2)c1. The van der Waals surface area contributed by atoms with Gasteiger partial charge in [-0.15, -0.1) is 0 Å². The molecule has 2 heterocycles. The number of rotatable bonds is 6. The van der Waals surface area contributed by atoms with Crippen LogP contribution >= 0.6 is 11.8 Å². The summed E-state index contributed by atoms with van der Waals surface area (Å²) in [7, 11) is 1.58. The van der Waals surface area contributed by atoms with Crippen LogP contribution in [-0.2, 0) is 4.79 Å². The van der Waals surface area contributed by atoms with E-state index in [9.17, 15) is 9.59 Å². The molecule has 1 atom stereocenters. The van der Waals surface area contributed by atoms with Crippen molar-refractivity contribution in [2.75, 3.05) is 30.0 Å². The molecule has 0 spiro atoms. The molecule has 0 bridgehead atoms. The number of nitrogens with zero attached hydrogens (tertiary/aromatic N) is 2. The normalized spacial score (nSPS) is 16.6. The monoisotopic (exact) mass is 562 g/mol. The van der Waals surface area contributed by atoms with Crippen LogP contribution in [0.3, 0.4) is 0 Å². The van der Waals surface area contributed by atoms with Crippen molar-refractivity contribution in [3.8, 4) is 5.75 Å². The van der Waals surface area contributed by atoms with Crippen LogP contribution in [0.2, 0.25) is 0 Å². The van der Waals surface area contributed by atoms with Crippen LogP contribution < -0.4 is 15.4 Å². The van der Waals surface area contributed by atoms with Crippen molar-refractivity contribution < 1.29 is 14.3 Å². The number of hydrogen-bond acceptors (Lipinski definition) is 6. The van der Waals surface area contributed by atoms with Gasteiger partial charge in [0.1, 0.15) is 5.75 Å². The highest BCUT2D eigenvalue weighted by atomic mass is 32.2. The van der Waals surface area contributed by atoms with Crippen LogP contribution in [0.4, 0.5) is 11.4 Å². The molecule has 41 heavy (non-hydrogen) atoms. The number of carbonyl (C=O) groups excluding carboxylic acids is 2. The number of thioether (sulfide) groups is 1. The van der Waals surface area contributed by atoms with E-state index in [4.69, 9.17) is 9.73 Å². The lowest BCUT2D eigenvalue weighted by Gasteiger charge is -2.41. The zero-order valence-corrected chi connectivity index (χ0v) is 23.7. The van der Waals surface area contributed by atoms with E-state index in [1.54, 1.807) is 18.9 Å². The lowest BCUT2D eigenvalue weighted by Crippen LogP contribution is -2.43. The van der Waals surface area contributed by atoms with Gasteiger partial charge >= 0.3 is 0 Å². The van der Waals surface area contributed by atoms with Crippen LogP contribution in [-0.4, -0.2) is 41.3 Å². The van der Waals surface area contributed by atoms with Gasteiger partial charge in [-0.3, -0.25) is 9.59 Å². The number of amidine groups is 1. The van der Waals surface area contributed by atoms with E-state index in [1.807, 2.05) is 97.9 Å². The summed E-state index contributed by atoms with van der Waals surface area (Å²) in [6, 6.07) is 28.4. The molecule has 206 valence electrons. The summed E-state index contributed by atoms with van der Waals surface area (Å²) in [5, 5.41) is 9.11. The quantitative estimate of drug-likeness (QED) is 0.268. The number of anilines is 2. The van der Waals surface area contributed by atoms with Gasteiger partial charge in [0.15, 0.2) is 5.17 Å². The first-order valence-corrected chi connectivity index (χ1v) is 14.5. The van der Waals surface area contributed by atoms with E-state index in [1.165, 1.54) is 0 Å². The van der Waals surface area contributed by atoms with E-state index in [0.717, 1.165) is 40.2 Å². The van der Waals surface area contributed by atoms with Crippen LogP contribution in [0.25, 0.3) is 10.8 Å². The third-order valence-corrected chi connectivity index (χ3v) is 8.41. The van der Waals surface area contributed by atoms with Gasteiger partial charge in [-0.2, -0.15) is 0 Å². The van der Waals surface area contributed by atoms with Crippen molar-refractivity contribution >= 4 is 50.9 Å². The van der Waals surface area contributed by atoms with Gasteiger partial charge < -0.3 is 20.3 Å². The number of ether oxygens (including phenoxy) is 1. The van der Waals surface area contributed by atoms with Crippen molar-refractivity contribution in [2.45, 2.75) is 19.4 Å². The number of fused-ring (bicyclic) bond motifs is 2. The second-order valence-electron chi connectivity index (χ2n) is 9.99. The van der Waals surface area contributed by atoms with Crippen molar-refractivity contribution in [1.82, 2.24) is 4.90 Å². The molecule has 1 saturated heterocycles. The molecule has 2 amide bonds. The highest BCUT2D eigenvalue weighted by Gasteiger charge is 2.37. The smallest absolute Gasteiger partial charge is 0.255 e. The summed E-state index contributed by atoms with van der Waals surface area (Å²) >= 11 is 1.71. The van der Waals surface area contributed by atoms with Gasteiger partial charge in [0.05, 0.1) is 30.1 Å². The maximum Gasteiger partial charge on any atom is 0.255 e. The van der Waals surface area contributed by atoms with Gasteiger partial charge in [0.25, 0.3) is 11.8 Å². The minimum absolute atomic E-state index is 0.187. The average Bonchev–Trinajstić information content (AvgIpc) is 3.00. The molecule has 7 nitrogen and oxygen atoms in total. The molecule has 0 aromatic heterocycles. The molecule has 2 aliphatic heterocycles. The third kappa shape index (κ3) is 5.43. The molecule has 1 unspecified atom stereocenters. The number of methoxy groups -OCH3 is 1. The lowest BCUT2D eigenvalue weighted by atomic mass is 9.93. The van der Waals surface area contributed by atoms with Crippen LogP contribution in [0.5, 0.6) is 5.75 Å². The molecule has 1 fully saturated rings. The largest absolute Gasteiger partial charge is 0.495 e. The molecular weight excluding hydrogens is 532 g/mol. The Morgan fingerprint density at radius 2 is 1.71 bits per heavy atom. The maximum absolute atomic E-state index is 13.9. The molecule has 4 aromatic carbocycles. The maximum atomic E-state index is 13.9. The molecule has 2 aliphatic rings. The number of allylic oxidation sites excluding steroid dienone is 1. The highest BCUT2D eigenvalue weighted by molar-refractivity contribution is 8.13. The summed E-state index contributed by atoms with van der Waals surface area (Å²) in [5.74, 6) is 1.15. The average molecular weight is 563 g/mol. The number of amides is 2. The topological polar surface area (TPSA) is 83.0 Å². The lowest BCUT2D eigenvalue weighted by molar-refractivity contribution is -0.113. The van der Waals surface area contributed by atoms with Crippen molar-refractivity contribution in [3.63, 3.8) is 0 Å². The number of carbonyl (C=O) groups is 2. The Morgan fingerprint density at radius 1 is 0.902 bits per heavy atom. The summed E-state index contributed by atoms with van der Waals surface area (Å²) < 4.78 is 5.46. The van der Waals surface area contributed by atoms with E-state index >= 15 is 0 Å². The van der Waals surface area contributed by atoms with Gasteiger partial charge in [-0.05, 0) is 66.1 Å². The second-order valence-corrected chi connectivity index (χ2v) is 11.0. The van der Waals surface area contributed by atoms with Gasteiger partial charge in [-0.25, -0.2) is 4.99 Å². The summed E-state index contributed by atoms with van der Waals surface area (Å²) in [6.07, 6.45) is 0.985. The van der Waals surface area contributed by atoms with Gasteiger partial charge in [-0.1, -0.05) is 66.4 Å². The Bertz CT molecular complexity index is 1710. The zero-order valence-electron chi connectivity index (χ0n) is 22.9. The Balaban J connectivity index is 1.32. The van der Waals surface area contributed by atoms with Crippen molar-refractivity contribution in [1.29, 1.82) is 0 Å². The van der Waals surface area contributed by atoms with Crippen LogP contribution in [0.1, 0.15) is 35.3 Å². The Morgan fingerprint density at radius 3 is 2.56 bits per heavy atom. The van der Waals surface area contributed by atoms with E-state index in [2.05, 4.69) is 15.5 Å². The zero-order chi connectivity index (χ0) is 28.3. The van der Waals surface area contributed by atoms with E-state index in [0.29, 0.717) is 34.0 Å². The molecule has 6 rings (SSSR count). The first-order valence-electron chi connectivity index (χ1n) is 13.6. The summed E-state index contributed by atoms with van der Waals surface area (Å²) in [4.78, 5) is 34.1. The number of para-hydroxylation sites is 2. The molecule has 0 aliphatic carbocycles. The number of benzene rings is 4. The van der Waals surface area contributed by atoms with Crippen molar-refractivity contribution in [2.24, 2.45) is 4.99 Å². The highest BCUT2D eigenvalue weighted by Crippen LogP contribution is 2.40. The van der Waals surface area contributed by atoms with Gasteiger partial charge in [0.2, 0.25) is 0 Å². The summed E-state index contributed by atoms with van der Waals surface area (Å²) in [6.45, 7) is 2.66. The minimum atomic E-state index is -0.359. The predicted molar refractivity (Wildman–Crippen MR) is 167 cm³/mol. The number of hydrogen-bond donors (Lipinski definition) is 2. The fraction of sp³-hybridized carbons (Fsp3) is 0.182. The van der Waals surface area contributed by atoms with Crippen molar-refractivity contribution in [3.05, 3.63) is 113 Å². The standard InChI is InChI=1S/C33H30N4O3S/c1-21-29(32(39)36-27-13-5-6-14-28(27)40-2)30(37-17-8-18-41-33(37)34-21)24-11-7-12-26(20-24)35-31(38)25-16-15-22-9-3-4-10-23(22)19-25/h3-7,9-16,19-20,30H,8,17-18H2,1-2H3,(H,35,38)(H,36,39). The van der Waals surface area contributed by atoms with Crippen LogP contribution in [0, 0.1) is 0 Å². The Labute approximate surface area is 243 Å². The Hall–Kier alpha value is -4.56. The molecular formula is C33H30N4O3S. The van der Waals surface area contributed by atoms with Gasteiger partial charge in [0, 0.05) is 23.5 Å². The Kier molecular flexibility index (Phi) is 7.48. The molecule has 4 aromatic rings. The van der Waals surface area contributed by atoms with E-state index in [-0.39, 0.29) is 17.9 Å². The number of nitrogens with one attached hydrogen (secondary N) is 2. The first-order chi connectivity index (χ1) is 20.0. The summed E-state index contributed by atoms with van der Waals surface area (Å²) in [5.41, 5.74) is 3.99. The molecule has 0 radical (unpaired) electrons. The third-order valence-electron chi connectivity index (χ3n) is 7.33. The minimum Gasteiger partial charge on any atom is -0.495 e. The predicted octanol–water partition coefficient (Wildman–Crippen LogP) is 6.86. The molecule has 0 saturated carbocycles. The first kappa shape index (κ1) is 26.7. The van der Waals surface area contributed by atoms with E-state index < -0.39 is 0 Å². The number of aliphatic imine (C=N–C) groups is 1.